The number of halogens is 3. The van der Waals surface area contributed by atoms with Gasteiger partial charge >= 0.3 is 6.36 Å². The van der Waals surface area contributed by atoms with Crippen LogP contribution in [0.2, 0.25) is 0 Å². The van der Waals surface area contributed by atoms with Crippen LogP contribution in [0.1, 0.15) is 24.6 Å². The lowest BCUT2D eigenvalue weighted by Gasteiger charge is -2.34. The lowest BCUT2D eigenvalue weighted by molar-refractivity contribution is -0.274. The van der Waals surface area contributed by atoms with Gasteiger partial charge in [-0.05, 0) is 50.1 Å². The second-order valence-corrected chi connectivity index (χ2v) is 8.21. The predicted octanol–water partition coefficient (Wildman–Crippen LogP) is 3.73. The van der Waals surface area contributed by atoms with E-state index in [0.717, 1.165) is 82.3 Å². The zero-order valence-electron chi connectivity index (χ0n) is 17.8. The molecule has 2 aliphatic heterocycles. The molecule has 0 unspecified atom stereocenters. The third-order valence-electron chi connectivity index (χ3n) is 6.05. The van der Waals surface area contributed by atoms with Gasteiger partial charge in [-0.1, -0.05) is 0 Å². The summed E-state index contributed by atoms with van der Waals surface area (Å²) in [6.07, 6.45) is -2.59. The first-order valence-electron chi connectivity index (χ1n) is 10.8. The smallest absolute Gasteiger partial charge is 0.406 e. The zero-order valence-corrected chi connectivity index (χ0v) is 17.8. The molecule has 2 saturated heterocycles. The molecule has 170 valence electrons. The number of aryl methyl sites for hydroxylation is 1. The first-order valence-corrected chi connectivity index (χ1v) is 10.8. The van der Waals surface area contributed by atoms with Gasteiger partial charge in [0.2, 0.25) is 0 Å². The van der Waals surface area contributed by atoms with Crippen molar-refractivity contribution in [3.63, 3.8) is 0 Å². The Hall–Kier alpha value is -2.10. The Labute approximate surface area is 180 Å². The van der Waals surface area contributed by atoms with E-state index in [9.17, 15) is 13.2 Å². The molecule has 3 heterocycles. The SMILES string of the molecule is Cc1cc(-c2ccc(OC(F)(F)F)cc2)nn1C1CCN(CCN2CCOCC2)CC1. The average Bonchev–Trinajstić information content (AvgIpc) is 3.14. The molecule has 0 aliphatic carbocycles. The van der Waals surface area contributed by atoms with Gasteiger partial charge in [-0.3, -0.25) is 9.58 Å². The van der Waals surface area contributed by atoms with E-state index in [1.807, 2.05) is 13.0 Å². The van der Waals surface area contributed by atoms with Crippen molar-refractivity contribution in [1.82, 2.24) is 19.6 Å². The summed E-state index contributed by atoms with van der Waals surface area (Å²) >= 11 is 0. The molecule has 0 saturated carbocycles. The van der Waals surface area contributed by atoms with E-state index in [2.05, 4.69) is 19.2 Å². The van der Waals surface area contributed by atoms with Crippen LogP contribution in [0.3, 0.4) is 0 Å². The molecule has 6 nitrogen and oxygen atoms in total. The fourth-order valence-electron chi connectivity index (χ4n) is 4.32. The standard InChI is InChI=1S/C22H29F3N4O2/c1-17-16-21(18-2-4-20(5-3-18)31-22(23,24)25)26-29(17)19-6-8-27(9-7-19)10-11-28-12-14-30-15-13-28/h2-5,16,19H,6-15H2,1H3. The van der Waals surface area contributed by atoms with Gasteiger partial charge in [0.1, 0.15) is 5.75 Å². The molecule has 9 heteroatoms. The van der Waals surface area contributed by atoms with E-state index < -0.39 is 6.36 Å². The van der Waals surface area contributed by atoms with Crippen LogP contribution in [0.5, 0.6) is 5.75 Å². The van der Waals surface area contributed by atoms with Crippen LogP contribution in [-0.4, -0.2) is 78.4 Å². The number of rotatable bonds is 6. The highest BCUT2D eigenvalue weighted by atomic mass is 19.4. The Bertz CT molecular complexity index is 839. The Morgan fingerprint density at radius 2 is 1.61 bits per heavy atom. The highest BCUT2D eigenvalue weighted by Crippen LogP contribution is 2.29. The Morgan fingerprint density at radius 3 is 2.23 bits per heavy atom. The topological polar surface area (TPSA) is 42.8 Å². The van der Waals surface area contributed by atoms with Crippen molar-refractivity contribution in [3.8, 4) is 17.0 Å². The predicted molar refractivity (Wildman–Crippen MR) is 111 cm³/mol. The lowest BCUT2D eigenvalue weighted by Crippen LogP contribution is -2.43. The minimum absolute atomic E-state index is 0.225. The fraction of sp³-hybridized carbons (Fsp3) is 0.591. The monoisotopic (exact) mass is 438 g/mol. The second-order valence-electron chi connectivity index (χ2n) is 8.21. The van der Waals surface area contributed by atoms with Gasteiger partial charge in [-0.2, -0.15) is 5.10 Å². The van der Waals surface area contributed by atoms with E-state index in [0.29, 0.717) is 6.04 Å². The number of hydrogen-bond donors (Lipinski definition) is 0. The summed E-state index contributed by atoms with van der Waals surface area (Å²) in [5.41, 5.74) is 2.61. The molecule has 0 spiro atoms. The molecular formula is C22H29F3N4O2. The third kappa shape index (κ3) is 5.99. The van der Waals surface area contributed by atoms with E-state index in [-0.39, 0.29) is 5.75 Å². The maximum atomic E-state index is 12.3. The summed E-state index contributed by atoms with van der Waals surface area (Å²) in [5, 5.41) is 4.77. The molecule has 2 aromatic rings. The highest BCUT2D eigenvalue weighted by Gasteiger charge is 2.31. The number of nitrogens with zero attached hydrogens (tertiary/aromatic N) is 4. The van der Waals surface area contributed by atoms with Crippen LogP contribution >= 0.6 is 0 Å². The molecule has 4 rings (SSSR count). The summed E-state index contributed by atoms with van der Waals surface area (Å²) in [7, 11) is 0. The van der Waals surface area contributed by atoms with Crippen molar-refractivity contribution >= 4 is 0 Å². The fourth-order valence-corrected chi connectivity index (χ4v) is 4.32. The minimum Gasteiger partial charge on any atom is -0.406 e. The number of benzene rings is 1. The third-order valence-corrected chi connectivity index (χ3v) is 6.05. The van der Waals surface area contributed by atoms with Gasteiger partial charge in [0, 0.05) is 50.5 Å². The van der Waals surface area contributed by atoms with Crippen LogP contribution < -0.4 is 4.74 Å². The number of morpholine rings is 1. The summed E-state index contributed by atoms with van der Waals surface area (Å²) < 4.78 is 48.5. The molecule has 1 aromatic carbocycles. The van der Waals surface area contributed by atoms with E-state index in [4.69, 9.17) is 9.84 Å². The quantitative estimate of drug-likeness (QED) is 0.688. The van der Waals surface area contributed by atoms with E-state index in [1.165, 1.54) is 12.1 Å². The maximum absolute atomic E-state index is 12.3. The molecule has 0 atom stereocenters. The minimum atomic E-state index is -4.68. The van der Waals surface area contributed by atoms with Crippen molar-refractivity contribution in [2.45, 2.75) is 32.2 Å². The number of alkyl halides is 3. The number of hydrogen-bond acceptors (Lipinski definition) is 5. The molecule has 0 bridgehead atoms. The van der Waals surface area contributed by atoms with Crippen molar-refractivity contribution in [2.75, 3.05) is 52.5 Å². The number of ether oxygens (including phenoxy) is 2. The molecule has 2 aliphatic rings. The average molecular weight is 438 g/mol. The van der Waals surface area contributed by atoms with Crippen LogP contribution in [0.4, 0.5) is 13.2 Å². The van der Waals surface area contributed by atoms with Gasteiger partial charge in [-0.15, -0.1) is 13.2 Å². The molecule has 2 fully saturated rings. The second kappa shape index (κ2) is 9.58. The zero-order chi connectivity index (χ0) is 21.8. The molecule has 0 N–H and O–H groups in total. The summed E-state index contributed by atoms with van der Waals surface area (Å²) in [6.45, 7) is 10.0. The Morgan fingerprint density at radius 1 is 1.00 bits per heavy atom. The van der Waals surface area contributed by atoms with E-state index >= 15 is 0 Å². The van der Waals surface area contributed by atoms with Crippen LogP contribution in [0.15, 0.2) is 30.3 Å². The molecular weight excluding hydrogens is 409 g/mol. The molecule has 0 radical (unpaired) electrons. The summed E-state index contributed by atoms with van der Waals surface area (Å²) in [6, 6.07) is 8.21. The molecule has 0 amide bonds. The van der Waals surface area contributed by atoms with Crippen LogP contribution in [0, 0.1) is 6.92 Å². The Balaban J connectivity index is 1.32. The van der Waals surface area contributed by atoms with Gasteiger partial charge in [0.05, 0.1) is 24.9 Å². The number of likely N-dealkylation sites (tertiary alicyclic amines) is 1. The van der Waals surface area contributed by atoms with Crippen molar-refractivity contribution in [2.24, 2.45) is 0 Å². The maximum Gasteiger partial charge on any atom is 0.573 e. The van der Waals surface area contributed by atoms with Gasteiger partial charge in [0.25, 0.3) is 0 Å². The number of piperidine rings is 1. The van der Waals surface area contributed by atoms with Crippen LogP contribution in [-0.2, 0) is 4.74 Å². The lowest BCUT2D eigenvalue weighted by atomic mass is 10.0. The first kappa shape index (κ1) is 22.1. The highest BCUT2D eigenvalue weighted by molar-refractivity contribution is 5.60. The molecule has 31 heavy (non-hydrogen) atoms. The van der Waals surface area contributed by atoms with Gasteiger partial charge in [-0.25, -0.2) is 0 Å². The van der Waals surface area contributed by atoms with Crippen LogP contribution in [0.25, 0.3) is 11.3 Å². The normalized spacial score (nSPS) is 19.6. The summed E-state index contributed by atoms with van der Waals surface area (Å²) in [5.74, 6) is -0.225. The summed E-state index contributed by atoms with van der Waals surface area (Å²) in [4.78, 5) is 4.98. The van der Waals surface area contributed by atoms with Crippen molar-refractivity contribution in [1.29, 1.82) is 0 Å². The van der Waals surface area contributed by atoms with Crippen molar-refractivity contribution in [3.05, 3.63) is 36.0 Å². The van der Waals surface area contributed by atoms with Gasteiger partial charge in [0.15, 0.2) is 0 Å². The van der Waals surface area contributed by atoms with E-state index in [1.54, 1.807) is 12.1 Å². The molecule has 1 aromatic heterocycles. The number of aromatic nitrogens is 2. The Kier molecular flexibility index (Phi) is 6.83. The van der Waals surface area contributed by atoms with Crippen molar-refractivity contribution < 1.29 is 22.6 Å². The first-order chi connectivity index (χ1) is 14.9. The largest absolute Gasteiger partial charge is 0.573 e. The van der Waals surface area contributed by atoms with Gasteiger partial charge < -0.3 is 14.4 Å².